The standard InChI is InChI=1S/C10H20N2O3/c1-5-12(6-2)9(15)11-7-10(3,4)8(13)14/h5-7H2,1-4H3,(H,11,15)(H,13,14). The van der Waals surface area contributed by atoms with E-state index in [0.29, 0.717) is 13.1 Å². The van der Waals surface area contributed by atoms with Gasteiger partial charge < -0.3 is 15.3 Å². The lowest BCUT2D eigenvalue weighted by Crippen LogP contribution is -2.45. The first-order valence-electron chi connectivity index (χ1n) is 5.11. The van der Waals surface area contributed by atoms with Crippen LogP contribution in [0.3, 0.4) is 0 Å². The second-order valence-electron chi connectivity index (χ2n) is 4.02. The Balaban J connectivity index is 4.16. The molecule has 0 atom stereocenters. The molecule has 0 bridgehead atoms. The lowest BCUT2D eigenvalue weighted by atomic mass is 9.94. The van der Waals surface area contributed by atoms with Crippen LogP contribution in [0.25, 0.3) is 0 Å². The average molecular weight is 216 g/mol. The molecule has 0 aromatic carbocycles. The summed E-state index contributed by atoms with van der Waals surface area (Å²) in [6, 6.07) is -0.214. The summed E-state index contributed by atoms with van der Waals surface area (Å²) in [6.07, 6.45) is 0. The summed E-state index contributed by atoms with van der Waals surface area (Å²) in [4.78, 5) is 23.9. The highest BCUT2D eigenvalue weighted by Gasteiger charge is 2.28. The largest absolute Gasteiger partial charge is 0.481 e. The predicted octanol–water partition coefficient (Wildman–Crippen LogP) is 1.15. The van der Waals surface area contributed by atoms with Gasteiger partial charge in [-0.2, -0.15) is 0 Å². The number of rotatable bonds is 5. The molecule has 0 heterocycles. The first-order chi connectivity index (χ1) is 6.85. The molecule has 2 N–H and O–H groups in total. The smallest absolute Gasteiger partial charge is 0.317 e. The van der Waals surface area contributed by atoms with Crippen LogP contribution < -0.4 is 5.32 Å². The lowest BCUT2D eigenvalue weighted by molar-refractivity contribution is -0.146. The van der Waals surface area contributed by atoms with Crippen LogP contribution in [0, 0.1) is 5.41 Å². The van der Waals surface area contributed by atoms with E-state index in [1.165, 1.54) is 0 Å². The number of urea groups is 1. The van der Waals surface area contributed by atoms with Gasteiger partial charge in [0.25, 0.3) is 0 Å². The Morgan fingerprint density at radius 2 is 1.73 bits per heavy atom. The Morgan fingerprint density at radius 1 is 1.27 bits per heavy atom. The maximum atomic E-state index is 11.5. The van der Waals surface area contributed by atoms with E-state index in [1.54, 1.807) is 18.7 Å². The molecule has 0 spiro atoms. The third-order valence-corrected chi connectivity index (χ3v) is 2.31. The molecule has 5 heteroatoms. The first-order valence-corrected chi connectivity index (χ1v) is 5.11. The number of carbonyl (C=O) groups is 2. The van der Waals surface area contributed by atoms with Gasteiger partial charge in [-0.05, 0) is 27.7 Å². The van der Waals surface area contributed by atoms with Gasteiger partial charge >= 0.3 is 12.0 Å². The topological polar surface area (TPSA) is 69.6 Å². The molecule has 0 aliphatic heterocycles. The number of carboxylic acids is 1. The number of hydrogen-bond acceptors (Lipinski definition) is 2. The number of nitrogens with one attached hydrogen (secondary N) is 1. The molecule has 5 nitrogen and oxygen atoms in total. The highest BCUT2D eigenvalue weighted by Crippen LogP contribution is 2.13. The van der Waals surface area contributed by atoms with Gasteiger partial charge in [-0.15, -0.1) is 0 Å². The van der Waals surface area contributed by atoms with Crippen LogP contribution in [0.1, 0.15) is 27.7 Å². The summed E-state index contributed by atoms with van der Waals surface area (Å²) >= 11 is 0. The molecule has 0 aromatic rings. The number of nitrogens with zero attached hydrogens (tertiary/aromatic N) is 1. The number of carboxylic acid groups (broad SMARTS) is 1. The van der Waals surface area contributed by atoms with Crippen molar-refractivity contribution in [3.8, 4) is 0 Å². The third kappa shape index (κ3) is 4.18. The van der Waals surface area contributed by atoms with Gasteiger partial charge in [0.05, 0.1) is 5.41 Å². The molecule has 15 heavy (non-hydrogen) atoms. The fourth-order valence-electron chi connectivity index (χ4n) is 0.995. The van der Waals surface area contributed by atoms with Gasteiger partial charge in [0.2, 0.25) is 0 Å². The molecule has 0 saturated carbocycles. The molecule has 0 rings (SSSR count). The van der Waals surface area contributed by atoms with Crippen molar-refractivity contribution in [1.29, 1.82) is 0 Å². The molecule has 0 aliphatic carbocycles. The molecule has 2 amide bonds. The quantitative estimate of drug-likeness (QED) is 0.724. The zero-order valence-electron chi connectivity index (χ0n) is 9.83. The second kappa shape index (κ2) is 5.58. The normalized spacial score (nSPS) is 10.9. The van der Waals surface area contributed by atoms with E-state index in [-0.39, 0.29) is 12.6 Å². The van der Waals surface area contributed by atoms with Crippen LogP contribution in [0.4, 0.5) is 4.79 Å². The molecular formula is C10H20N2O3. The highest BCUT2D eigenvalue weighted by molar-refractivity contribution is 5.77. The Kier molecular flexibility index (Phi) is 5.11. The maximum Gasteiger partial charge on any atom is 0.317 e. The molecule has 0 aliphatic rings. The Hall–Kier alpha value is -1.26. The van der Waals surface area contributed by atoms with Gasteiger partial charge in [0, 0.05) is 19.6 Å². The van der Waals surface area contributed by atoms with E-state index in [2.05, 4.69) is 5.32 Å². The zero-order valence-corrected chi connectivity index (χ0v) is 9.83. The van der Waals surface area contributed by atoms with E-state index < -0.39 is 11.4 Å². The van der Waals surface area contributed by atoms with Crippen molar-refractivity contribution in [2.24, 2.45) is 5.41 Å². The zero-order chi connectivity index (χ0) is 12.1. The van der Waals surface area contributed by atoms with Crippen molar-refractivity contribution in [3.05, 3.63) is 0 Å². The average Bonchev–Trinajstić information content (AvgIpc) is 2.16. The molecular weight excluding hydrogens is 196 g/mol. The summed E-state index contributed by atoms with van der Waals surface area (Å²) in [6.45, 7) is 8.30. The van der Waals surface area contributed by atoms with Crippen LogP contribution >= 0.6 is 0 Å². The van der Waals surface area contributed by atoms with Gasteiger partial charge in [0.1, 0.15) is 0 Å². The minimum absolute atomic E-state index is 0.137. The van der Waals surface area contributed by atoms with E-state index in [1.807, 2.05) is 13.8 Å². The number of aliphatic carboxylic acids is 1. The highest BCUT2D eigenvalue weighted by atomic mass is 16.4. The molecule has 0 fully saturated rings. The monoisotopic (exact) mass is 216 g/mol. The molecule has 0 unspecified atom stereocenters. The summed E-state index contributed by atoms with van der Waals surface area (Å²) in [7, 11) is 0. The van der Waals surface area contributed by atoms with Crippen LogP contribution in [0.5, 0.6) is 0 Å². The maximum absolute atomic E-state index is 11.5. The Bertz CT molecular complexity index is 235. The Labute approximate surface area is 90.5 Å². The SMILES string of the molecule is CCN(CC)C(=O)NCC(C)(C)C(=O)O. The van der Waals surface area contributed by atoms with Gasteiger partial charge in [-0.25, -0.2) is 4.79 Å². The van der Waals surface area contributed by atoms with Crippen LogP contribution in [-0.4, -0.2) is 41.6 Å². The van der Waals surface area contributed by atoms with Gasteiger partial charge in [0.15, 0.2) is 0 Å². The van der Waals surface area contributed by atoms with Crippen molar-refractivity contribution < 1.29 is 14.7 Å². The van der Waals surface area contributed by atoms with E-state index >= 15 is 0 Å². The first kappa shape index (κ1) is 13.7. The summed E-state index contributed by atoms with van der Waals surface area (Å²) in [5.74, 6) is -0.914. The number of amides is 2. The van der Waals surface area contributed by atoms with Crippen molar-refractivity contribution in [2.45, 2.75) is 27.7 Å². The predicted molar refractivity (Wildman–Crippen MR) is 57.7 cm³/mol. The Morgan fingerprint density at radius 3 is 2.07 bits per heavy atom. The van der Waals surface area contributed by atoms with Crippen LogP contribution in [0.15, 0.2) is 0 Å². The number of carbonyl (C=O) groups excluding carboxylic acids is 1. The van der Waals surface area contributed by atoms with Crippen LogP contribution in [0.2, 0.25) is 0 Å². The van der Waals surface area contributed by atoms with E-state index in [9.17, 15) is 9.59 Å². The fraction of sp³-hybridized carbons (Fsp3) is 0.800. The molecule has 0 radical (unpaired) electrons. The second-order valence-corrected chi connectivity index (χ2v) is 4.02. The minimum Gasteiger partial charge on any atom is -0.481 e. The molecule has 88 valence electrons. The molecule has 0 saturated heterocycles. The fourth-order valence-corrected chi connectivity index (χ4v) is 0.995. The van der Waals surface area contributed by atoms with Gasteiger partial charge in [-0.3, -0.25) is 4.79 Å². The van der Waals surface area contributed by atoms with Crippen LogP contribution in [-0.2, 0) is 4.79 Å². The van der Waals surface area contributed by atoms with Crippen molar-refractivity contribution in [3.63, 3.8) is 0 Å². The summed E-state index contributed by atoms with van der Waals surface area (Å²) in [5, 5.41) is 11.5. The summed E-state index contributed by atoms with van der Waals surface area (Å²) < 4.78 is 0. The van der Waals surface area contributed by atoms with Gasteiger partial charge in [-0.1, -0.05) is 0 Å². The van der Waals surface area contributed by atoms with E-state index in [4.69, 9.17) is 5.11 Å². The molecule has 0 aromatic heterocycles. The van der Waals surface area contributed by atoms with E-state index in [0.717, 1.165) is 0 Å². The minimum atomic E-state index is -0.928. The third-order valence-electron chi connectivity index (χ3n) is 2.31. The van der Waals surface area contributed by atoms with Crippen molar-refractivity contribution in [2.75, 3.05) is 19.6 Å². The van der Waals surface area contributed by atoms with Crippen molar-refractivity contribution >= 4 is 12.0 Å². The lowest BCUT2D eigenvalue weighted by Gasteiger charge is -2.24. The summed E-state index contributed by atoms with van der Waals surface area (Å²) in [5.41, 5.74) is -0.928. The number of hydrogen-bond donors (Lipinski definition) is 2. The van der Waals surface area contributed by atoms with Crippen molar-refractivity contribution in [1.82, 2.24) is 10.2 Å².